The zero-order valence-corrected chi connectivity index (χ0v) is 11.7. The standard InChI is InChI=1S/C15H22N2O2/c1-3-13-4-6-14(7-5-13)16-8-10-17(11-9-16)15(19)12(2)18/h4-7,12,18H,3,8-11H2,1-2H3/t12-/m0/s1. The van der Waals surface area contributed by atoms with Crippen molar-refractivity contribution >= 4 is 11.6 Å². The third-order valence-corrected chi connectivity index (χ3v) is 3.66. The van der Waals surface area contributed by atoms with Gasteiger partial charge < -0.3 is 14.9 Å². The van der Waals surface area contributed by atoms with Gasteiger partial charge in [0.2, 0.25) is 0 Å². The van der Waals surface area contributed by atoms with Crippen LogP contribution in [0.15, 0.2) is 24.3 Å². The molecule has 1 fully saturated rings. The summed E-state index contributed by atoms with van der Waals surface area (Å²) in [6.07, 6.45) is 0.159. The Balaban J connectivity index is 1.94. The molecule has 0 spiro atoms. The molecule has 4 heteroatoms. The summed E-state index contributed by atoms with van der Waals surface area (Å²) in [6.45, 7) is 6.68. The van der Waals surface area contributed by atoms with Crippen LogP contribution in [0.1, 0.15) is 19.4 Å². The predicted molar refractivity (Wildman–Crippen MR) is 76.3 cm³/mol. The maximum absolute atomic E-state index is 11.7. The topological polar surface area (TPSA) is 43.8 Å². The van der Waals surface area contributed by atoms with Gasteiger partial charge in [-0.1, -0.05) is 19.1 Å². The number of carbonyl (C=O) groups is 1. The molecule has 1 aromatic rings. The van der Waals surface area contributed by atoms with E-state index in [4.69, 9.17) is 0 Å². The van der Waals surface area contributed by atoms with Crippen molar-refractivity contribution in [3.05, 3.63) is 29.8 Å². The lowest BCUT2D eigenvalue weighted by Gasteiger charge is -2.36. The van der Waals surface area contributed by atoms with Gasteiger partial charge in [-0.15, -0.1) is 0 Å². The van der Waals surface area contributed by atoms with E-state index in [-0.39, 0.29) is 5.91 Å². The Morgan fingerprint density at radius 1 is 1.21 bits per heavy atom. The minimum absolute atomic E-state index is 0.166. The molecule has 4 nitrogen and oxygen atoms in total. The molecular formula is C15H22N2O2. The molecule has 0 aliphatic carbocycles. The average Bonchev–Trinajstić information content (AvgIpc) is 2.46. The highest BCUT2D eigenvalue weighted by Gasteiger charge is 2.23. The van der Waals surface area contributed by atoms with Gasteiger partial charge in [0, 0.05) is 31.9 Å². The van der Waals surface area contributed by atoms with Gasteiger partial charge in [-0.3, -0.25) is 4.79 Å². The van der Waals surface area contributed by atoms with Crippen molar-refractivity contribution in [1.82, 2.24) is 4.90 Å². The number of nitrogens with zero attached hydrogens (tertiary/aromatic N) is 2. The van der Waals surface area contributed by atoms with Crippen LogP contribution < -0.4 is 4.90 Å². The molecule has 1 amide bonds. The van der Waals surface area contributed by atoms with Crippen LogP contribution >= 0.6 is 0 Å². The number of aliphatic hydroxyl groups excluding tert-OH is 1. The number of aryl methyl sites for hydroxylation is 1. The van der Waals surface area contributed by atoms with Crippen molar-refractivity contribution in [1.29, 1.82) is 0 Å². The van der Waals surface area contributed by atoms with Gasteiger partial charge in [0.1, 0.15) is 6.10 Å². The van der Waals surface area contributed by atoms with Crippen molar-refractivity contribution in [3.63, 3.8) is 0 Å². The lowest BCUT2D eigenvalue weighted by molar-refractivity contribution is -0.139. The number of carbonyl (C=O) groups excluding carboxylic acids is 1. The van der Waals surface area contributed by atoms with Crippen LogP contribution in [0.4, 0.5) is 5.69 Å². The molecule has 0 radical (unpaired) electrons. The Morgan fingerprint density at radius 3 is 2.26 bits per heavy atom. The van der Waals surface area contributed by atoms with Crippen molar-refractivity contribution in [2.45, 2.75) is 26.4 Å². The number of amides is 1. The van der Waals surface area contributed by atoms with Gasteiger partial charge in [-0.05, 0) is 31.0 Å². The molecular weight excluding hydrogens is 240 g/mol. The Hall–Kier alpha value is -1.55. The number of anilines is 1. The monoisotopic (exact) mass is 262 g/mol. The first kappa shape index (κ1) is 13.9. The second kappa shape index (κ2) is 6.06. The van der Waals surface area contributed by atoms with Gasteiger partial charge >= 0.3 is 0 Å². The molecule has 0 saturated carbocycles. The van der Waals surface area contributed by atoms with Crippen molar-refractivity contribution in [2.75, 3.05) is 31.1 Å². The fourth-order valence-electron chi connectivity index (χ4n) is 2.39. The summed E-state index contributed by atoms with van der Waals surface area (Å²) in [6, 6.07) is 8.60. The van der Waals surface area contributed by atoms with Gasteiger partial charge in [0.15, 0.2) is 0 Å². The smallest absolute Gasteiger partial charge is 0.251 e. The van der Waals surface area contributed by atoms with Crippen molar-refractivity contribution in [2.24, 2.45) is 0 Å². The molecule has 1 atom stereocenters. The first-order valence-corrected chi connectivity index (χ1v) is 6.92. The van der Waals surface area contributed by atoms with E-state index < -0.39 is 6.10 Å². The molecule has 1 saturated heterocycles. The van der Waals surface area contributed by atoms with Crippen LogP contribution in [0.5, 0.6) is 0 Å². The molecule has 0 aromatic heterocycles. The number of rotatable bonds is 3. The number of aliphatic hydroxyl groups is 1. The first-order chi connectivity index (χ1) is 9.11. The highest BCUT2D eigenvalue weighted by molar-refractivity contribution is 5.80. The predicted octanol–water partition coefficient (Wildman–Crippen LogP) is 1.28. The number of hydrogen-bond acceptors (Lipinski definition) is 3. The van der Waals surface area contributed by atoms with Crippen LogP contribution in [-0.2, 0) is 11.2 Å². The van der Waals surface area contributed by atoms with E-state index >= 15 is 0 Å². The minimum Gasteiger partial charge on any atom is -0.384 e. The second-order valence-electron chi connectivity index (χ2n) is 5.01. The van der Waals surface area contributed by atoms with Crippen molar-refractivity contribution in [3.8, 4) is 0 Å². The summed E-state index contributed by atoms with van der Waals surface area (Å²) in [5, 5.41) is 9.31. The number of benzene rings is 1. The molecule has 104 valence electrons. The van der Waals surface area contributed by atoms with Crippen LogP contribution in [0.3, 0.4) is 0 Å². The van der Waals surface area contributed by atoms with Crippen LogP contribution in [-0.4, -0.2) is 48.2 Å². The lowest BCUT2D eigenvalue weighted by atomic mass is 10.1. The van der Waals surface area contributed by atoms with E-state index in [0.29, 0.717) is 13.1 Å². The maximum Gasteiger partial charge on any atom is 0.251 e. The minimum atomic E-state index is -0.893. The Kier molecular flexibility index (Phi) is 4.43. The molecule has 1 aliphatic rings. The molecule has 0 bridgehead atoms. The third-order valence-electron chi connectivity index (χ3n) is 3.66. The second-order valence-corrected chi connectivity index (χ2v) is 5.01. The largest absolute Gasteiger partial charge is 0.384 e. The van der Waals surface area contributed by atoms with E-state index in [1.807, 2.05) is 0 Å². The van der Waals surface area contributed by atoms with Gasteiger partial charge in [-0.2, -0.15) is 0 Å². The van der Waals surface area contributed by atoms with Crippen LogP contribution in [0.2, 0.25) is 0 Å². The molecule has 19 heavy (non-hydrogen) atoms. The Bertz CT molecular complexity index is 420. The first-order valence-electron chi connectivity index (χ1n) is 6.92. The highest BCUT2D eigenvalue weighted by Crippen LogP contribution is 2.17. The molecule has 1 aliphatic heterocycles. The molecule has 1 aromatic carbocycles. The van der Waals surface area contributed by atoms with E-state index in [2.05, 4.69) is 36.1 Å². The fraction of sp³-hybridized carbons (Fsp3) is 0.533. The normalized spacial score (nSPS) is 17.4. The zero-order valence-electron chi connectivity index (χ0n) is 11.7. The summed E-state index contributed by atoms with van der Waals surface area (Å²) >= 11 is 0. The third kappa shape index (κ3) is 3.26. The average molecular weight is 262 g/mol. The summed E-state index contributed by atoms with van der Waals surface area (Å²) < 4.78 is 0. The van der Waals surface area contributed by atoms with E-state index in [0.717, 1.165) is 19.5 Å². The number of hydrogen-bond donors (Lipinski definition) is 1. The Labute approximate surface area is 114 Å². The van der Waals surface area contributed by atoms with Crippen molar-refractivity contribution < 1.29 is 9.90 Å². The maximum atomic E-state index is 11.7. The van der Waals surface area contributed by atoms with E-state index in [1.54, 1.807) is 4.90 Å². The molecule has 0 unspecified atom stereocenters. The zero-order chi connectivity index (χ0) is 13.8. The van der Waals surface area contributed by atoms with Crippen LogP contribution in [0.25, 0.3) is 0 Å². The van der Waals surface area contributed by atoms with Crippen LogP contribution in [0, 0.1) is 0 Å². The van der Waals surface area contributed by atoms with Gasteiger partial charge in [0.05, 0.1) is 0 Å². The molecule has 1 heterocycles. The quantitative estimate of drug-likeness (QED) is 0.892. The Morgan fingerprint density at radius 2 is 1.79 bits per heavy atom. The van der Waals surface area contributed by atoms with Gasteiger partial charge in [-0.25, -0.2) is 0 Å². The van der Waals surface area contributed by atoms with E-state index in [1.165, 1.54) is 18.2 Å². The highest BCUT2D eigenvalue weighted by atomic mass is 16.3. The summed E-state index contributed by atoms with van der Waals surface area (Å²) in [7, 11) is 0. The fourth-order valence-corrected chi connectivity index (χ4v) is 2.39. The SMILES string of the molecule is CCc1ccc(N2CCN(C(=O)[C@H](C)O)CC2)cc1. The number of piperazine rings is 1. The lowest BCUT2D eigenvalue weighted by Crippen LogP contribution is -2.51. The van der Waals surface area contributed by atoms with E-state index in [9.17, 15) is 9.90 Å². The molecule has 1 N–H and O–H groups in total. The summed E-state index contributed by atoms with van der Waals surface area (Å²) in [4.78, 5) is 15.7. The summed E-state index contributed by atoms with van der Waals surface area (Å²) in [5.74, 6) is -0.166. The van der Waals surface area contributed by atoms with Gasteiger partial charge in [0.25, 0.3) is 5.91 Å². The summed E-state index contributed by atoms with van der Waals surface area (Å²) in [5.41, 5.74) is 2.55. The molecule has 2 rings (SSSR count).